The van der Waals surface area contributed by atoms with Crippen molar-refractivity contribution in [2.45, 2.75) is 69.5 Å². The number of phenols is 1. The number of aromatic hydroxyl groups is 1. The molecule has 1 saturated heterocycles. The number of aliphatic hydroxyl groups is 2. The Morgan fingerprint density at radius 1 is 0.635 bits per heavy atom. The van der Waals surface area contributed by atoms with Crippen LogP contribution in [0.4, 0.5) is 0 Å². The highest BCUT2D eigenvalue weighted by molar-refractivity contribution is 7.15. The first kappa shape index (κ1) is 58.6. The number of aliphatic hydroxyl groups excluding tert-OH is 2. The highest BCUT2D eigenvalue weighted by Gasteiger charge is 2.36. The van der Waals surface area contributed by atoms with E-state index in [1.807, 2.05) is 6.92 Å². The van der Waals surface area contributed by atoms with E-state index in [0.717, 1.165) is 53.5 Å². The molecule has 9 heterocycles. The minimum atomic E-state index is -1.41. The molecule has 0 radical (unpaired) electrons. The van der Waals surface area contributed by atoms with E-state index in [1.165, 1.54) is 62.3 Å². The maximum absolute atomic E-state index is 15.0. The zero-order valence-electron chi connectivity index (χ0n) is 45.0. The summed E-state index contributed by atoms with van der Waals surface area (Å²) in [4.78, 5) is 119. The maximum atomic E-state index is 15.0. The van der Waals surface area contributed by atoms with Crippen LogP contribution in [0.3, 0.4) is 0 Å². The lowest BCUT2D eigenvalue weighted by Gasteiger charge is -2.36. The molecular weight excluding hydrogens is 1210 g/mol. The fourth-order valence-electron chi connectivity index (χ4n) is 9.45. The average molecular weight is 1260 g/mol. The molecule has 1 fully saturated rings. The molecule has 2 aliphatic rings. The molecule has 29 heteroatoms. The predicted molar refractivity (Wildman–Crippen MR) is 322 cm³/mol. The van der Waals surface area contributed by atoms with Gasteiger partial charge in [-0.25, -0.2) is 34.9 Å². The van der Waals surface area contributed by atoms with Crippen LogP contribution in [0.2, 0.25) is 0 Å². The van der Waals surface area contributed by atoms with E-state index in [0.29, 0.717) is 70.9 Å². The normalized spacial score (nSPS) is 18.9. The second kappa shape index (κ2) is 25.2. The molecule has 11 N–H and O–H groups in total. The van der Waals surface area contributed by atoms with Crippen molar-refractivity contribution in [3.05, 3.63) is 147 Å². The molecule has 7 aromatic heterocycles. The number of likely N-dealkylation sites (tertiary alicyclic amines) is 1. The fraction of sp³-hybridized carbons (Fsp3) is 0.268. The predicted octanol–water partition coefficient (Wildman–Crippen LogP) is 6.37. The van der Waals surface area contributed by atoms with Crippen LogP contribution in [0.1, 0.15) is 117 Å². The standard InChI is InChI=1S/C56H52N14O9S6/c1-25(39(72)19-70-15-6-16-70)41-55-66-38(24-84-55)53-62-34(20-81-53)43-30(13-14-31(59-43)52-63-35(21-82-52)46(58)75)51-64-36(22-80-51)49(78)61-33(18-40(57)73)54-69-42(26(2)85-54)50(79)68-44(45(74)28-7-4-3-5-8-28)56-65-37(23-83-56)48(77)60-32(47(76)67-41)17-27-9-11-29(71)12-10-27/h3-5,7-14,20-25,32-33,39,41,44-45,71-72,74H,6,15-19H2,1-2H3,(H2,57,73)(H2,58,75)(H,60,77)(H,61,78)(H,67,76)(H,68,79)/t25-,32-,33-,39-,41-,44-,45+/m0/s1. The van der Waals surface area contributed by atoms with E-state index >= 15 is 4.79 Å². The van der Waals surface area contributed by atoms with Gasteiger partial charge in [-0.2, -0.15) is 0 Å². The van der Waals surface area contributed by atoms with E-state index in [-0.39, 0.29) is 45.0 Å². The lowest BCUT2D eigenvalue weighted by atomic mass is 9.94. The van der Waals surface area contributed by atoms with Gasteiger partial charge in [0.1, 0.15) is 93.8 Å². The summed E-state index contributed by atoms with van der Waals surface area (Å²) in [6, 6.07) is 13.6. The number of hydrogen-bond donors (Lipinski definition) is 9. The van der Waals surface area contributed by atoms with Crippen LogP contribution in [-0.2, 0) is 16.0 Å². The number of pyridine rings is 1. The molecule has 0 saturated carbocycles. The van der Waals surface area contributed by atoms with Crippen LogP contribution >= 0.6 is 68.0 Å². The summed E-state index contributed by atoms with van der Waals surface area (Å²) in [6.07, 6.45) is -1.79. The number of primary amides is 2. The van der Waals surface area contributed by atoms with Crippen molar-refractivity contribution in [2.24, 2.45) is 17.4 Å². The zero-order chi connectivity index (χ0) is 59.6. The van der Waals surface area contributed by atoms with Crippen molar-refractivity contribution >= 4 is 103 Å². The number of thiazole rings is 6. The molecule has 23 nitrogen and oxygen atoms in total. The van der Waals surface area contributed by atoms with Gasteiger partial charge in [0.15, 0.2) is 0 Å². The first-order valence-electron chi connectivity index (χ1n) is 26.4. The zero-order valence-corrected chi connectivity index (χ0v) is 49.9. The first-order valence-corrected chi connectivity index (χ1v) is 31.6. The molecule has 0 unspecified atom stereocenters. The van der Waals surface area contributed by atoms with Crippen LogP contribution in [0.25, 0.3) is 43.4 Å². The molecule has 436 valence electrons. The van der Waals surface area contributed by atoms with Gasteiger partial charge < -0.3 is 53.0 Å². The smallest absolute Gasteiger partial charge is 0.271 e. The number of hydrogen-bond acceptors (Lipinski definition) is 23. The number of fused-ring (bicyclic) bond motifs is 14. The average Bonchev–Trinajstić information content (AvgIpc) is 3.90. The van der Waals surface area contributed by atoms with E-state index in [4.69, 9.17) is 31.4 Å². The number of nitrogens with two attached hydrogens (primary N) is 2. The highest BCUT2D eigenvalue weighted by Crippen LogP contribution is 2.40. The summed E-state index contributed by atoms with van der Waals surface area (Å²) < 4.78 is 0. The highest BCUT2D eigenvalue weighted by atomic mass is 32.1. The number of nitrogens with zero attached hydrogens (tertiary/aromatic N) is 8. The lowest BCUT2D eigenvalue weighted by Crippen LogP contribution is -2.51. The van der Waals surface area contributed by atoms with Crippen molar-refractivity contribution < 1.29 is 44.1 Å². The van der Waals surface area contributed by atoms with E-state index < -0.39 is 84.2 Å². The van der Waals surface area contributed by atoms with Gasteiger partial charge in [-0.15, -0.1) is 68.0 Å². The number of benzene rings is 2. The number of amides is 6. The van der Waals surface area contributed by atoms with Crippen LogP contribution in [-0.4, -0.2) is 122 Å². The van der Waals surface area contributed by atoms with Crippen molar-refractivity contribution in [2.75, 3.05) is 19.6 Å². The lowest BCUT2D eigenvalue weighted by molar-refractivity contribution is -0.124. The van der Waals surface area contributed by atoms with Gasteiger partial charge >= 0.3 is 0 Å². The monoisotopic (exact) mass is 1260 g/mol. The van der Waals surface area contributed by atoms with Crippen molar-refractivity contribution in [3.8, 4) is 49.1 Å². The minimum absolute atomic E-state index is 0.00456. The summed E-state index contributed by atoms with van der Waals surface area (Å²) in [7, 11) is 0. The number of nitrogens with one attached hydrogen (secondary N) is 4. The topological polar surface area (TPSA) is 357 Å². The Bertz CT molecular complexity index is 3970. The third kappa shape index (κ3) is 13.1. The summed E-state index contributed by atoms with van der Waals surface area (Å²) in [5.41, 5.74) is 14.2. The van der Waals surface area contributed by atoms with E-state index in [9.17, 15) is 39.3 Å². The molecule has 6 amide bonds. The number of β-amino-alcohol motifs (C(OH)–C–C–N with tert-alkyl or cyclic N) is 1. The molecular formula is C56H52N14O9S6. The van der Waals surface area contributed by atoms with Crippen LogP contribution in [0, 0.1) is 12.8 Å². The summed E-state index contributed by atoms with van der Waals surface area (Å²) in [5.74, 6) is -4.92. The van der Waals surface area contributed by atoms with Gasteiger partial charge in [0.2, 0.25) is 11.8 Å². The Balaban J connectivity index is 1.02. The molecule has 9 aromatic rings. The number of aryl methyl sites for hydroxylation is 1. The molecule has 10 bridgehead atoms. The second-order valence-corrected chi connectivity index (χ2v) is 25.7. The van der Waals surface area contributed by atoms with Gasteiger partial charge in [-0.1, -0.05) is 49.4 Å². The number of carbonyl (C=O) groups excluding carboxylic acids is 6. The SMILES string of the molecule is Cc1sc2nc1C(=O)N[C@@H]([C@H](O)c1ccccc1)c1nc(cs1)C(=O)N[C@@H](Cc1ccc(O)cc1)C(=O)N[C@@H]([C@@H](C)[C@@H](O)CN1CCC1)c1nc(cs1)-c1nc(cs1)-c1nc(-c3nc(C(N)=O)cs3)ccc1-c1nc(cs1)C(=O)N[C@H]2CC(N)=O. The van der Waals surface area contributed by atoms with E-state index in [2.05, 4.69) is 41.1 Å². The van der Waals surface area contributed by atoms with Crippen LogP contribution < -0.4 is 32.7 Å². The quantitative estimate of drug-likeness (QED) is 0.0642. The van der Waals surface area contributed by atoms with Crippen LogP contribution in [0.15, 0.2) is 93.6 Å². The van der Waals surface area contributed by atoms with Gasteiger partial charge in [-0.05, 0) is 61.8 Å². The molecule has 2 aromatic carbocycles. The molecule has 85 heavy (non-hydrogen) atoms. The molecule has 2 aliphatic heterocycles. The summed E-state index contributed by atoms with van der Waals surface area (Å²) >= 11 is 6.86. The molecule has 0 spiro atoms. The van der Waals surface area contributed by atoms with E-state index in [1.54, 1.807) is 72.3 Å². The third-order valence-electron chi connectivity index (χ3n) is 14.2. The summed E-state index contributed by atoms with van der Waals surface area (Å²) in [6.45, 7) is 5.42. The number of rotatable bonds is 12. The molecule has 11 rings (SSSR count). The number of phenolic OH excluding ortho intramolecular Hbond substituents is 1. The second-order valence-electron chi connectivity index (χ2n) is 20.1. The number of carbonyl (C=O) groups is 6. The maximum Gasteiger partial charge on any atom is 0.271 e. The molecule has 7 atom stereocenters. The summed E-state index contributed by atoms with van der Waals surface area (Å²) in [5, 5.41) is 55.8. The third-order valence-corrected chi connectivity index (χ3v) is 19.8. The largest absolute Gasteiger partial charge is 0.508 e. The fourth-order valence-corrected chi connectivity index (χ4v) is 14.7. The van der Waals surface area contributed by atoms with Crippen molar-refractivity contribution in [3.63, 3.8) is 0 Å². The van der Waals surface area contributed by atoms with Crippen LogP contribution in [0.5, 0.6) is 5.75 Å². The van der Waals surface area contributed by atoms with Gasteiger partial charge in [0.05, 0.1) is 30.3 Å². The first-order chi connectivity index (χ1) is 40.9. The Morgan fingerprint density at radius 2 is 1.27 bits per heavy atom. The Morgan fingerprint density at radius 3 is 1.98 bits per heavy atom. The minimum Gasteiger partial charge on any atom is -0.508 e. The Labute approximate surface area is 508 Å². The number of aromatic nitrogens is 7. The van der Waals surface area contributed by atoms with Gasteiger partial charge in [0.25, 0.3) is 23.6 Å². The van der Waals surface area contributed by atoms with Gasteiger partial charge in [0, 0.05) is 56.2 Å². The van der Waals surface area contributed by atoms with Gasteiger partial charge in [-0.3, -0.25) is 28.8 Å². The Kier molecular flexibility index (Phi) is 17.4. The van der Waals surface area contributed by atoms with Crippen molar-refractivity contribution in [1.29, 1.82) is 0 Å². The molecule has 0 aliphatic carbocycles. The van der Waals surface area contributed by atoms with Crippen molar-refractivity contribution in [1.82, 2.24) is 61.1 Å². The Hall–Kier alpha value is -8.13.